The third-order valence-electron chi connectivity index (χ3n) is 2.41. The fourth-order valence-corrected chi connectivity index (χ4v) is 1.65. The van der Waals surface area contributed by atoms with Crippen LogP contribution in [0, 0.1) is 0 Å². The first-order chi connectivity index (χ1) is 8.78. The molecular formula is C14H15ClN2O. The molecule has 0 saturated carbocycles. The number of nitrogens with zero attached hydrogens (tertiary/aromatic N) is 1. The molecule has 4 heteroatoms. The molecule has 0 aliphatic heterocycles. The normalized spacial score (nSPS) is 10.1. The number of ether oxygens (including phenoxy) is 1. The predicted molar refractivity (Wildman–Crippen MR) is 74.2 cm³/mol. The minimum Gasteiger partial charge on any atom is -0.489 e. The summed E-state index contributed by atoms with van der Waals surface area (Å²) >= 11 is 5.83. The number of halogens is 1. The molecule has 0 aliphatic rings. The number of pyridine rings is 1. The Bertz CT molecular complexity index is 499. The largest absolute Gasteiger partial charge is 0.489 e. The van der Waals surface area contributed by atoms with Crippen molar-refractivity contribution in [2.45, 2.75) is 13.5 Å². The monoisotopic (exact) mass is 262 g/mol. The lowest BCUT2D eigenvalue weighted by Gasteiger charge is -2.08. The molecule has 94 valence electrons. The maximum absolute atomic E-state index is 5.83. The Morgan fingerprint density at radius 1 is 1.22 bits per heavy atom. The van der Waals surface area contributed by atoms with Gasteiger partial charge in [-0.05, 0) is 30.7 Å². The summed E-state index contributed by atoms with van der Waals surface area (Å²) in [5.74, 6) is 1.63. The van der Waals surface area contributed by atoms with E-state index in [1.807, 2.05) is 43.3 Å². The van der Waals surface area contributed by atoms with Crippen molar-refractivity contribution in [1.82, 2.24) is 4.98 Å². The molecule has 0 saturated heterocycles. The quantitative estimate of drug-likeness (QED) is 0.891. The number of rotatable bonds is 5. The van der Waals surface area contributed by atoms with Crippen LogP contribution in [-0.2, 0) is 6.61 Å². The van der Waals surface area contributed by atoms with E-state index in [9.17, 15) is 0 Å². The number of hydrogen-bond donors (Lipinski definition) is 1. The number of anilines is 1. The maximum atomic E-state index is 5.83. The Kier molecular flexibility index (Phi) is 4.42. The summed E-state index contributed by atoms with van der Waals surface area (Å²) in [5, 5.41) is 3.88. The van der Waals surface area contributed by atoms with Gasteiger partial charge < -0.3 is 10.1 Å². The lowest BCUT2D eigenvalue weighted by atomic mass is 10.2. The van der Waals surface area contributed by atoms with Crippen molar-refractivity contribution < 1.29 is 4.74 Å². The van der Waals surface area contributed by atoms with Gasteiger partial charge in [0.15, 0.2) is 0 Å². The molecule has 0 spiro atoms. The van der Waals surface area contributed by atoms with Gasteiger partial charge in [-0.2, -0.15) is 0 Å². The van der Waals surface area contributed by atoms with Gasteiger partial charge in [0, 0.05) is 23.8 Å². The van der Waals surface area contributed by atoms with Crippen LogP contribution in [0.4, 0.5) is 5.82 Å². The Balaban J connectivity index is 1.97. The van der Waals surface area contributed by atoms with Crippen molar-refractivity contribution in [1.29, 1.82) is 0 Å². The average molecular weight is 263 g/mol. The van der Waals surface area contributed by atoms with Crippen molar-refractivity contribution >= 4 is 17.4 Å². The molecule has 18 heavy (non-hydrogen) atoms. The van der Waals surface area contributed by atoms with E-state index in [-0.39, 0.29) is 0 Å². The van der Waals surface area contributed by atoms with Crippen molar-refractivity contribution in [2.24, 2.45) is 0 Å². The van der Waals surface area contributed by atoms with Crippen LogP contribution >= 0.6 is 11.6 Å². The van der Waals surface area contributed by atoms with Crippen LogP contribution in [0.5, 0.6) is 5.75 Å². The zero-order valence-corrected chi connectivity index (χ0v) is 10.9. The van der Waals surface area contributed by atoms with E-state index in [1.165, 1.54) is 0 Å². The van der Waals surface area contributed by atoms with Gasteiger partial charge in [0.25, 0.3) is 0 Å². The van der Waals surface area contributed by atoms with Crippen molar-refractivity contribution in [2.75, 3.05) is 11.9 Å². The van der Waals surface area contributed by atoms with Crippen molar-refractivity contribution in [3.05, 3.63) is 53.2 Å². The summed E-state index contributed by atoms with van der Waals surface area (Å²) in [5.41, 5.74) is 1.08. The van der Waals surface area contributed by atoms with E-state index in [0.717, 1.165) is 28.7 Å². The topological polar surface area (TPSA) is 34.1 Å². The highest BCUT2D eigenvalue weighted by Gasteiger charge is 1.98. The van der Waals surface area contributed by atoms with Crippen LogP contribution in [-0.4, -0.2) is 11.5 Å². The van der Waals surface area contributed by atoms with Gasteiger partial charge in [-0.3, -0.25) is 0 Å². The van der Waals surface area contributed by atoms with Gasteiger partial charge in [0.05, 0.1) is 0 Å². The fourth-order valence-electron chi connectivity index (χ4n) is 1.53. The molecule has 3 nitrogen and oxygen atoms in total. The number of nitrogens with one attached hydrogen (secondary N) is 1. The molecule has 0 unspecified atom stereocenters. The number of aromatic nitrogens is 1. The smallest absolute Gasteiger partial charge is 0.129 e. The molecule has 0 radical (unpaired) electrons. The van der Waals surface area contributed by atoms with Crippen LogP contribution in [0.3, 0.4) is 0 Å². The summed E-state index contributed by atoms with van der Waals surface area (Å²) in [6.45, 7) is 3.39. The summed E-state index contributed by atoms with van der Waals surface area (Å²) in [6, 6.07) is 11.4. The summed E-state index contributed by atoms with van der Waals surface area (Å²) in [4.78, 5) is 4.19. The molecule has 2 aromatic rings. The van der Waals surface area contributed by atoms with Crippen LogP contribution < -0.4 is 10.1 Å². The summed E-state index contributed by atoms with van der Waals surface area (Å²) in [6.07, 6.45) is 1.73. The molecular weight excluding hydrogens is 248 g/mol. The summed E-state index contributed by atoms with van der Waals surface area (Å²) in [7, 11) is 0. The first kappa shape index (κ1) is 12.7. The molecule has 1 aromatic carbocycles. The van der Waals surface area contributed by atoms with Crippen LogP contribution in [0.15, 0.2) is 42.6 Å². The minimum absolute atomic E-state index is 0.521. The Labute approximate surface area is 112 Å². The zero-order chi connectivity index (χ0) is 12.8. The molecule has 2 rings (SSSR count). The van der Waals surface area contributed by atoms with Gasteiger partial charge >= 0.3 is 0 Å². The number of hydrogen-bond acceptors (Lipinski definition) is 3. The zero-order valence-electron chi connectivity index (χ0n) is 10.2. The highest BCUT2D eigenvalue weighted by atomic mass is 35.5. The van der Waals surface area contributed by atoms with E-state index in [2.05, 4.69) is 10.3 Å². The SMILES string of the molecule is CCNc1cc(OCc2ccc(Cl)cc2)ccn1. The highest BCUT2D eigenvalue weighted by Crippen LogP contribution is 2.17. The van der Waals surface area contributed by atoms with Gasteiger partial charge in [0.1, 0.15) is 18.2 Å². The molecule has 1 aromatic heterocycles. The van der Waals surface area contributed by atoms with Gasteiger partial charge in [-0.25, -0.2) is 4.98 Å². The van der Waals surface area contributed by atoms with Crippen LogP contribution in [0.1, 0.15) is 12.5 Å². The third-order valence-corrected chi connectivity index (χ3v) is 2.66. The molecule has 0 amide bonds. The van der Waals surface area contributed by atoms with E-state index in [1.54, 1.807) is 6.20 Å². The second kappa shape index (κ2) is 6.26. The van der Waals surface area contributed by atoms with E-state index in [4.69, 9.17) is 16.3 Å². The molecule has 0 bridgehead atoms. The lowest BCUT2D eigenvalue weighted by Crippen LogP contribution is -2.00. The first-order valence-electron chi connectivity index (χ1n) is 5.85. The Hall–Kier alpha value is -1.74. The van der Waals surface area contributed by atoms with Gasteiger partial charge in [0.2, 0.25) is 0 Å². The molecule has 1 heterocycles. The predicted octanol–water partition coefficient (Wildman–Crippen LogP) is 3.75. The molecule has 1 N–H and O–H groups in total. The second-order valence-electron chi connectivity index (χ2n) is 3.82. The third kappa shape index (κ3) is 3.64. The van der Waals surface area contributed by atoms with E-state index in [0.29, 0.717) is 6.61 Å². The maximum Gasteiger partial charge on any atom is 0.129 e. The van der Waals surface area contributed by atoms with Crippen molar-refractivity contribution in [3.63, 3.8) is 0 Å². The van der Waals surface area contributed by atoms with Gasteiger partial charge in [-0.1, -0.05) is 23.7 Å². The standard InChI is InChI=1S/C14H15ClN2O/c1-2-16-14-9-13(7-8-17-14)18-10-11-3-5-12(15)6-4-11/h3-9H,2,10H2,1H3,(H,16,17). The summed E-state index contributed by atoms with van der Waals surface area (Å²) < 4.78 is 5.70. The average Bonchev–Trinajstić information content (AvgIpc) is 2.39. The van der Waals surface area contributed by atoms with Crippen LogP contribution in [0.25, 0.3) is 0 Å². The first-order valence-corrected chi connectivity index (χ1v) is 6.23. The van der Waals surface area contributed by atoms with Gasteiger partial charge in [-0.15, -0.1) is 0 Å². The molecule has 0 aliphatic carbocycles. The highest BCUT2D eigenvalue weighted by molar-refractivity contribution is 6.30. The van der Waals surface area contributed by atoms with E-state index < -0.39 is 0 Å². The second-order valence-corrected chi connectivity index (χ2v) is 4.26. The Morgan fingerprint density at radius 3 is 2.72 bits per heavy atom. The van der Waals surface area contributed by atoms with Crippen molar-refractivity contribution in [3.8, 4) is 5.75 Å². The lowest BCUT2D eigenvalue weighted by molar-refractivity contribution is 0.306. The van der Waals surface area contributed by atoms with E-state index >= 15 is 0 Å². The molecule has 0 atom stereocenters. The fraction of sp³-hybridized carbons (Fsp3) is 0.214. The number of benzene rings is 1. The minimum atomic E-state index is 0.521. The van der Waals surface area contributed by atoms with Crippen LogP contribution in [0.2, 0.25) is 5.02 Å². The Morgan fingerprint density at radius 2 is 2.00 bits per heavy atom. The molecule has 0 fully saturated rings.